The number of aryl methyl sites for hydroxylation is 1. The van der Waals surface area contributed by atoms with Gasteiger partial charge in [-0.3, -0.25) is 4.79 Å². The molecule has 0 aliphatic carbocycles. The van der Waals surface area contributed by atoms with Gasteiger partial charge in [-0.05, 0) is 30.9 Å². The zero-order valence-corrected chi connectivity index (χ0v) is 10.7. The van der Waals surface area contributed by atoms with Crippen LogP contribution in [-0.2, 0) is 0 Å². The number of aliphatic hydroxyl groups is 1. The number of benzene rings is 1. The third-order valence-electron chi connectivity index (χ3n) is 2.61. The number of hydrogen-bond acceptors (Lipinski definition) is 3. The summed E-state index contributed by atoms with van der Waals surface area (Å²) >= 11 is 1.49. The molecule has 17 heavy (non-hydrogen) atoms. The van der Waals surface area contributed by atoms with Gasteiger partial charge < -0.3 is 10.4 Å². The van der Waals surface area contributed by atoms with Crippen molar-refractivity contribution in [3.63, 3.8) is 0 Å². The molecule has 3 nitrogen and oxygen atoms in total. The normalized spacial score (nSPS) is 12.6. The second kappa shape index (κ2) is 4.85. The minimum Gasteiger partial charge on any atom is -0.392 e. The highest BCUT2D eigenvalue weighted by Gasteiger charge is 2.14. The fourth-order valence-corrected chi connectivity index (χ4v) is 2.84. The zero-order chi connectivity index (χ0) is 12.4. The van der Waals surface area contributed by atoms with Crippen molar-refractivity contribution in [3.8, 4) is 0 Å². The van der Waals surface area contributed by atoms with Crippen molar-refractivity contribution < 1.29 is 9.90 Å². The number of nitrogens with one attached hydrogen (secondary N) is 1. The van der Waals surface area contributed by atoms with Gasteiger partial charge >= 0.3 is 0 Å². The number of rotatable bonds is 3. The van der Waals surface area contributed by atoms with Gasteiger partial charge in [0.1, 0.15) is 0 Å². The van der Waals surface area contributed by atoms with Crippen molar-refractivity contribution in [1.82, 2.24) is 5.32 Å². The van der Waals surface area contributed by atoms with Gasteiger partial charge in [-0.2, -0.15) is 0 Å². The lowest BCUT2D eigenvalue weighted by atomic mass is 10.1. The summed E-state index contributed by atoms with van der Waals surface area (Å²) in [7, 11) is 0. The molecule has 1 aromatic heterocycles. The Hall–Kier alpha value is -1.39. The van der Waals surface area contributed by atoms with Crippen LogP contribution in [0, 0.1) is 6.92 Å². The molecule has 0 radical (unpaired) electrons. The van der Waals surface area contributed by atoms with Crippen LogP contribution in [0.3, 0.4) is 0 Å². The maximum Gasteiger partial charge on any atom is 0.261 e. The van der Waals surface area contributed by atoms with Crippen LogP contribution in [0.1, 0.15) is 22.2 Å². The van der Waals surface area contributed by atoms with Crippen LogP contribution >= 0.6 is 11.3 Å². The van der Waals surface area contributed by atoms with Gasteiger partial charge in [0.15, 0.2) is 0 Å². The van der Waals surface area contributed by atoms with Crippen LogP contribution in [0.2, 0.25) is 0 Å². The van der Waals surface area contributed by atoms with Crippen molar-refractivity contribution in [2.75, 3.05) is 6.54 Å². The molecule has 1 heterocycles. The second-order valence-electron chi connectivity index (χ2n) is 4.11. The van der Waals surface area contributed by atoms with Crippen LogP contribution in [0.25, 0.3) is 10.1 Å². The molecule has 0 aliphatic heterocycles. The molecule has 1 amide bonds. The molecule has 0 aliphatic rings. The van der Waals surface area contributed by atoms with Crippen LogP contribution in [-0.4, -0.2) is 23.7 Å². The predicted octanol–water partition coefficient (Wildman–Crippen LogP) is 2.32. The topological polar surface area (TPSA) is 49.3 Å². The first kappa shape index (κ1) is 12.1. The zero-order valence-electron chi connectivity index (χ0n) is 9.86. The number of amides is 1. The molecule has 90 valence electrons. The molecule has 2 N–H and O–H groups in total. The van der Waals surface area contributed by atoms with E-state index in [1.165, 1.54) is 11.3 Å². The highest BCUT2D eigenvalue weighted by Crippen LogP contribution is 2.30. The molecule has 0 bridgehead atoms. The summed E-state index contributed by atoms with van der Waals surface area (Å²) in [4.78, 5) is 12.7. The predicted molar refractivity (Wildman–Crippen MR) is 70.6 cm³/mol. The lowest BCUT2D eigenvalue weighted by Gasteiger charge is -2.06. The number of aliphatic hydroxyl groups excluding tert-OH is 1. The Morgan fingerprint density at radius 3 is 2.82 bits per heavy atom. The van der Waals surface area contributed by atoms with E-state index in [9.17, 15) is 4.79 Å². The van der Waals surface area contributed by atoms with Gasteiger partial charge in [-0.25, -0.2) is 0 Å². The van der Waals surface area contributed by atoms with E-state index >= 15 is 0 Å². The molecule has 0 fully saturated rings. The number of carbonyl (C=O) groups excluding carboxylic acids is 1. The SMILES string of the molecule is Cc1c(C(=O)NCC(C)O)sc2ccccc12. The standard InChI is InChI=1S/C13H15NO2S/c1-8(15)7-14-13(16)12-9(2)10-5-3-4-6-11(10)17-12/h3-6,8,15H,7H2,1-2H3,(H,14,16). The maximum atomic E-state index is 11.9. The first-order valence-electron chi connectivity index (χ1n) is 5.54. The van der Waals surface area contributed by atoms with Gasteiger partial charge in [0.05, 0.1) is 11.0 Å². The Morgan fingerprint density at radius 1 is 1.47 bits per heavy atom. The van der Waals surface area contributed by atoms with E-state index in [1.807, 2.05) is 31.2 Å². The van der Waals surface area contributed by atoms with E-state index < -0.39 is 6.10 Å². The molecule has 0 saturated heterocycles. The third kappa shape index (κ3) is 2.48. The highest BCUT2D eigenvalue weighted by atomic mass is 32.1. The summed E-state index contributed by atoms with van der Waals surface area (Å²) < 4.78 is 1.12. The molecule has 1 atom stereocenters. The van der Waals surface area contributed by atoms with E-state index in [1.54, 1.807) is 6.92 Å². The van der Waals surface area contributed by atoms with Crippen molar-refractivity contribution in [2.45, 2.75) is 20.0 Å². The first-order chi connectivity index (χ1) is 8.09. The molecular weight excluding hydrogens is 234 g/mol. The molecule has 2 rings (SSSR count). The van der Waals surface area contributed by atoms with Crippen LogP contribution in [0.4, 0.5) is 0 Å². The molecular formula is C13H15NO2S. The quantitative estimate of drug-likeness (QED) is 0.877. The molecule has 2 aromatic rings. The Morgan fingerprint density at radius 2 is 2.18 bits per heavy atom. The van der Waals surface area contributed by atoms with Crippen LogP contribution in [0.15, 0.2) is 24.3 Å². The van der Waals surface area contributed by atoms with E-state index in [0.717, 1.165) is 20.5 Å². The number of thiophene rings is 1. The van der Waals surface area contributed by atoms with Gasteiger partial charge in [0.2, 0.25) is 0 Å². The second-order valence-corrected chi connectivity index (χ2v) is 5.16. The summed E-state index contributed by atoms with van der Waals surface area (Å²) in [5.41, 5.74) is 1.01. The number of carbonyl (C=O) groups is 1. The molecule has 1 aromatic carbocycles. The molecule has 0 spiro atoms. The van der Waals surface area contributed by atoms with E-state index in [2.05, 4.69) is 5.32 Å². The average molecular weight is 249 g/mol. The summed E-state index contributed by atoms with van der Waals surface area (Å²) in [6.45, 7) is 3.89. The van der Waals surface area contributed by atoms with Crippen molar-refractivity contribution in [2.24, 2.45) is 0 Å². The largest absolute Gasteiger partial charge is 0.392 e. The minimum absolute atomic E-state index is 0.107. The maximum absolute atomic E-state index is 11.9. The minimum atomic E-state index is -0.520. The smallest absolute Gasteiger partial charge is 0.261 e. The van der Waals surface area contributed by atoms with Gasteiger partial charge in [-0.15, -0.1) is 11.3 Å². The van der Waals surface area contributed by atoms with Crippen molar-refractivity contribution >= 4 is 27.3 Å². The molecule has 0 saturated carbocycles. The van der Waals surface area contributed by atoms with Crippen LogP contribution in [0.5, 0.6) is 0 Å². The van der Waals surface area contributed by atoms with E-state index in [0.29, 0.717) is 0 Å². The molecule has 1 unspecified atom stereocenters. The van der Waals surface area contributed by atoms with E-state index in [-0.39, 0.29) is 12.5 Å². The average Bonchev–Trinajstić information content (AvgIpc) is 2.64. The van der Waals surface area contributed by atoms with Crippen molar-refractivity contribution in [3.05, 3.63) is 34.7 Å². The highest BCUT2D eigenvalue weighted by molar-refractivity contribution is 7.21. The molecule has 4 heteroatoms. The van der Waals surface area contributed by atoms with E-state index in [4.69, 9.17) is 5.11 Å². The van der Waals surface area contributed by atoms with Gasteiger partial charge in [0.25, 0.3) is 5.91 Å². The lowest BCUT2D eigenvalue weighted by molar-refractivity contribution is 0.0927. The Balaban J connectivity index is 2.29. The van der Waals surface area contributed by atoms with Gasteiger partial charge in [-0.1, -0.05) is 18.2 Å². The fraction of sp³-hybridized carbons (Fsp3) is 0.308. The Kier molecular flexibility index (Phi) is 3.45. The lowest BCUT2D eigenvalue weighted by Crippen LogP contribution is -2.30. The Labute approximate surface area is 104 Å². The number of fused-ring (bicyclic) bond motifs is 1. The third-order valence-corrected chi connectivity index (χ3v) is 3.88. The summed E-state index contributed by atoms with van der Waals surface area (Å²) in [6, 6.07) is 7.97. The van der Waals surface area contributed by atoms with Crippen LogP contribution < -0.4 is 5.32 Å². The summed E-state index contributed by atoms with van der Waals surface area (Å²) in [5.74, 6) is -0.107. The summed E-state index contributed by atoms with van der Waals surface area (Å²) in [6.07, 6.45) is -0.520. The van der Waals surface area contributed by atoms with Gasteiger partial charge in [0, 0.05) is 11.2 Å². The summed E-state index contributed by atoms with van der Waals surface area (Å²) in [5, 5.41) is 13.0. The van der Waals surface area contributed by atoms with Crippen molar-refractivity contribution in [1.29, 1.82) is 0 Å². The fourth-order valence-electron chi connectivity index (χ4n) is 1.71. The number of hydrogen-bond donors (Lipinski definition) is 2. The first-order valence-corrected chi connectivity index (χ1v) is 6.35. The monoisotopic (exact) mass is 249 g/mol. The Bertz CT molecular complexity index is 545.